The Bertz CT molecular complexity index is 307. The highest BCUT2D eigenvalue weighted by atomic mass is 35.5. The minimum atomic E-state index is 0.451. The molecule has 0 atom stereocenters. The molecule has 0 aliphatic heterocycles. The number of halogens is 1. The number of ether oxygens (including phenoxy) is 1. The third kappa shape index (κ3) is 2.97. The van der Waals surface area contributed by atoms with E-state index in [0.29, 0.717) is 17.4 Å². The van der Waals surface area contributed by atoms with Crippen LogP contribution >= 0.6 is 11.6 Å². The Hall–Kier alpha value is -0.510. The average Bonchev–Trinajstić information content (AvgIpc) is 2.55. The van der Waals surface area contributed by atoms with E-state index in [1.54, 1.807) is 6.07 Å². The average molecular weight is 230 g/mol. The van der Waals surface area contributed by atoms with Crippen LogP contribution in [0.5, 0.6) is 0 Å². The van der Waals surface area contributed by atoms with Crippen molar-refractivity contribution in [1.29, 1.82) is 0 Å². The summed E-state index contributed by atoms with van der Waals surface area (Å²) in [6, 6.07) is 4.22. The smallest absolute Gasteiger partial charge is 0.193 e. The van der Waals surface area contributed by atoms with Crippen LogP contribution in [0.15, 0.2) is 16.5 Å². The molecule has 2 rings (SSSR count). The number of nitrogens with one attached hydrogen (secondary N) is 1. The molecule has 1 N–H and O–H groups in total. The number of hydrogen-bond acceptors (Lipinski definition) is 3. The monoisotopic (exact) mass is 229 g/mol. The largest absolute Gasteiger partial charge is 0.448 e. The second-order valence-electron chi connectivity index (χ2n) is 3.83. The van der Waals surface area contributed by atoms with Gasteiger partial charge in [-0.1, -0.05) is 0 Å². The Morgan fingerprint density at radius 2 is 2.33 bits per heavy atom. The summed E-state index contributed by atoms with van der Waals surface area (Å²) in [4.78, 5) is 0. The summed E-state index contributed by atoms with van der Waals surface area (Å²) in [7, 11) is 0. The molecule has 1 heterocycles. The molecule has 0 aromatic carbocycles. The molecule has 0 amide bonds. The van der Waals surface area contributed by atoms with Gasteiger partial charge in [0.1, 0.15) is 5.76 Å². The van der Waals surface area contributed by atoms with Gasteiger partial charge in [0.15, 0.2) is 5.22 Å². The molecule has 0 unspecified atom stereocenters. The van der Waals surface area contributed by atoms with Crippen LogP contribution in [0, 0.1) is 0 Å². The van der Waals surface area contributed by atoms with E-state index in [1.807, 2.05) is 13.0 Å². The maximum Gasteiger partial charge on any atom is 0.193 e. The van der Waals surface area contributed by atoms with Crippen LogP contribution in [0.3, 0.4) is 0 Å². The predicted octanol–water partition coefficient (Wildman–Crippen LogP) is 2.59. The van der Waals surface area contributed by atoms with Gasteiger partial charge >= 0.3 is 0 Å². The van der Waals surface area contributed by atoms with Crippen molar-refractivity contribution >= 4 is 11.6 Å². The van der Waals surface area contributed by atoms with Gasteiger partial charge in [0.25, 0.3) is 0 Å². The fraction of sp³-hybridized carbons (Fsp3) is 0.636. The highest BCUT2D eigenvalue weighted by molar-refractivity contribution is 6.28. The summed E-state index contributed by atoms with van der Waals surface area (Å²) in [6.07, 6.45) is 2.65. The van der Waals surface area contributed by atoms with Crippen molar-refractivity contribution in [1.82, 2.24) is 5.32 Å². The summed E-state index contributed by atoms with van der Waals surface area (Å²) in [6.45, 7) is 3.59. The van der Waals surface area contributed by atoms with Crippen LogP contribution in [0.1, 0.15) is 25.5 Å². The molecule has 1 aliphatic rings. The Morgan fingerprint density at radius 3 is 2.93 bits per heavy atom. The SMILES string of the molecule is CCOC1CC(NCc2ccc(Cl)o2)C1. The zero-order valence-corrected chi connectivity index (χ0v) is 9.59. The van der Waals surface area contributed by atoms with Gasteiger partial charge in [-0.05, 0) is 43.5 Å². The van der Waals surface area contributed by atoms with Gasteiger partial charge in [0.05, 0.1) is 12.6 Å². The molecule has 1 aromatic heterocycles. The maximum absolute atomic E-state index is 5.67. The van der Waals surface area contributed by atoms with Crippen LogP contribution in [-0.2, 0) is 11.3 Å². The lowest BCUT2D eigenvalue weighted by Gasteiger charge is -2.35. The maximum atomic E-state index is 5.67. The molecule has 0 saturated heterocycles. The first-order valence-corrected chi connectivity index (χ1v) is 5.75. The lowest BCUT2D eigenvalue weighted by molar-refractivity contribution is -0.0105. The van der Waals surface area contributed by atoms with E-state index >= 15 is 0 Å². The van der Waals surface area contributed by atoms with Crippen LogP contribution in [-0.4, -0.2) is 18.8 Å². The van der Waals surface area contributed by atoms with Crippen LogP contribution in [0.2, 0.25) is 5.22 Å². The molecule has 1 saturated carbocycles. The lowest BCUT2D eigenvalue weighted by Crippen LogP contribution is -2.45. The molecular weight excluding hydrogens is 214 g/mol. The van der Waals surface area contributed by atoms with E-state index in [9.17, 15) is 0 Å². The van der Waals surface area contributed by atoms with Gasteiger partial charge in [-0.15, -0.1) is 0 Å². The molecule has 0 radical (unpaired) electrons. The molecule has 4 heteroatoms. The third-order valence-electron chi connectivity index (χ3n) is 2.69. The van der Waals surface area contributed by atoms with Crippen LogP contribution in [0.4, 0.5) is 0 Å². The van der Waals surface area contributed by atoms with Crippen molar-refractivity contribution in [3.63, 3.8) is 0 Å². The molecule has 1 aliphatic carbocycles. The number of rotatable bonds is 5. The Labute approximate surface area is 94.7 Å². The minimum Gasteiger partial charge on any atom is -0.448 e. The van der Waals surface area contributed by atoms with Gasteiger partial charge in [-0.25, -0.2) is 0 Å². The van der Waals surface area contributed by atoms with Gasteiger partial charge in [-0.3, -0.25) is 0 Å². The normalized spacial score (nSPS) is 25.2. The molecular formula is C11H16ClNO2. The van der Waals surface area contributed by atoms with Crippen molar-refractivity contribution < 1.29 is 9.15 Å². The van der Waals surface area contributed by atoms with Crippen molar-refractivity contribution in [2.75, 3.05) is 6.61 Å². The Balaban J connectivity index is 1.64. The molecule has 3 nitrogen and oxygen atoms in total. The molecule has 0 bridgehead atoms. The zero-order chi connectivity index (χ0) is 10.7. The first-order chi connectivity index (χ1) is 7.28. The lowest BCUT2D eigenvalue weighted by atomic mass is 9.89. The van der Waals surface area contributed by atoms with Gasteiger partial charge in [-0.2, -0.15) is 0 Å². The van der Waals surface area contributed by atoms with E-state index in [-0.39, 0.29) is 0 Å². The number of hydrogen-bond donors (Lipinski definition) is 1. The second-order valence-corrected chi connectivity index (χ2v) is 4.20. The molecule has 0 spiro atoms. The summed E-state index contributed by atoms with van der Waals surface area (Å²) >= 11 is 5.67. The van der Waals surface area contributed by atoms with E-state index in [1.165, 1.54) is 0 Å². The first kappa shape index (κ1) is 11.0. The standard InChI is InChI=1S/C11H16ClNO2/c1-2-14-10-5-8(6-10)13-7-9-3-4-11(12)15-9/h3-4,8,10,13H,2,5-7H2,1H3. The molecule has 1 aromatic rings. The van der Waals surface area contributed by atoms with Gasteiger partial charge < -0.3 is 14.5 Å². The first-order valence-electron chi connectivity index (χ1n) is 5.37. The zero-order valence-electron chi connectivity index (χ0n) is 8.83. The highest BCUT2D eigenvalue weighted by Gasteiger charge is 2.28. The topological polar surface area (TPSA) is 34.4 Å². The highest BCUT2D eigenvalue weighted by Crippen LogP contribution is 2.23. The summed E-state index contributed by atoms with van der Waals surface area (Å²) in [5.41, 5.74) is 0. The van der Waals surface area contributed by atoms with Crippen molar-refractivity contribution in [2.45, 2.75) is 38.5 Å². The molecule has 1 fully saturated rings. The fourth-order valence-corrected chi connectivity index (χ4v) is 1.96. The minimum absolute atomic E-state index is 0.451. The Kier molecular flexibility index (Phi) is 3.67. The van der Waals surface area contributed by atoms with E-state index < -0.39 is 0 Å². The third-order valence-corrected chi connectivity index (χ3v) is 2.89. The van der Waals surface area contributed by atoms with Gasteiger partial charge in [0.2, 0.25) is 0 Å². The fourth-order valence-electron chi connectivity index (χ4n) is 1.80. The Morgan fingerprint density at radius 1 is 1.53 bits per heavy atom. The second kappa shape index (κ2) is 5.01. The quantitative estimate of drug-likeness (QED) is 0.843. The van der Waals surface area contributed by atoms with Crippen molar-refractivity contribution in [3.05, 3.63) is 23.1 Å². The van der Waals surface area contributed by atoms with E-state index in [0.717, 1.165) is 31.8 Å². The predicted molar refractivity (Wildman–Crippen MR) is 59.0 cm³/mol. The summed E-state index contributed by atoms with van der Waals surface area (Å²) in [5, 5.41) is 3.86. The molecule has 15 heavy (non-hydrogen) atoms. The van der Waals surface area contributed by atoms with Crippen LogP contribution < -0.4 is 5.32 Å². The van der Waals surface area contributed by atoms with E-state index in [4.69, 9.17) is 20.8 Å². The van der Waals surface area contributed by atoms with Crippen molar-refractivity contribution in [3.8, 4) is 0 Å². The van der Waals surface area contributed by atoms with Crippen molar-refractivity contribution in [2.24, 2.45) is 0 Å². The molecule has 84 valence electrons. The van der Waals surface area contributed by atoms with E-state index in [2.05, 4.69) is 5.32 Å². The summed E-state index contributed by atoms with van der Waals surface area (Å²) < 4.78 is 10.7. The summed E-state index contributed by atoms with van der Waals surface area (Å²) in [5.74, 6) is 0.889. The van der Waals surface area contributed by atoms with Gasteiger partial charge in [0, 0.05) is 12.6 Å². The van der Waals surface area contributed by atoms with Crippen LogP contribution in [0.25, 0.3) is 0 Å². The number of furan rings is 1.